The number of para-hydroxylation sites is 1. The molecule has 88 valence electrons. The number of methoxy groups -OCH3 is 1. The third-order valence-corrected chi connectivity index (χ3v) is 2.39. The van der Waals surface area contributed by atoms with Crippen LogP contribution in [0.5, 0.6) is 5.75 Å². The van der Waals surface area contributed by atoms with Crippen molar-refractivity contribution in [3.05, 3.63) is 29.3 Å². The van der Waals surface area contributed by atoms with E-state index in [1.54, 1.807) is 13.2 Å². The minimum atomic E-state index is -0.455. The first-order valence-electron chi connectivity index (χ1n) is 5.16. The Bertz CT molecular complexity index is 375. The van der Waals surface area contributed by atoms with Gasteiger partial charge in [-0.2, -0.15) is 0 Å². The van der Waals surface area contributed by atoms with Gasteiger partial charge >= 0.3 is 0 Å². The van der Waals surface area contributed by atoms with E-state index in [4.69, 9.17) is 10.5 Å². The second-order valence-corrected chi connectivity index (χ2v) is 3.92. The molecule has 0 atom stereocenters. The van der Waals surface area contributed by atoms with Crippen molar-refractivity contribution >= 4 is 5.91 Å². The molecule has 4 nitrogen and oxygen atoms in total. The van der Waals surface area contributed by atoms with Crippen molar-refractivity contribution in [2.75, 3.05) is 27.7 Å². The van der Waals surface area contributed by atoms with Crippen LogP contribution in [0.15, 0.2) is 18.2 Å². The van der Waals surface area contributed by atoms with Gasteiger partial charge in [0.25, 0.3) is 5.91 Å². The summed E-state index contributed by atoms with van der Waals surface area (Å²) in [6.45, 7) is 0.901. The lowest BCUT2D eigenvalue weighted by molar-refractivity contribution is 0.0997. The summed E-state index contributed by atoms with van der Waals surface area (Å²) in [5.74, 6) is 0.139. The van der Waals surface area contributed by atoms with Gasteiger partial charge in [0.05, 0.1) is 12.7 Å². The zero-order chi connectivity index (χ0) is 12.1. The van der Waals surface area contributed by atoms with Crippen LogP contribution in [0.3, 0.4) is 0 Å². The Hall–Kier alpha value is -1.55. The van der Waals surface area contributed by atoms with Gasteiger partial charge in [-0.1, -0.05) is 12.1 Å². The number of benzene rings is 1. The summed E-state index contributed by atoms with van der Waals surface area (Å²) < 4.78 is 5.25. The molecule has 1 aromatic carbocycles. The molecule has 1 aromatic rings. The molecule has 2 N–H and O–H groups in total. The number of carbonyl (C=O) groups is 1. The van der Waals surface area contributed by atoms with E-state index in [0.717, 1.165) is 18.5 Å². The molecule has 1 rings (SSSR count). The fraction of sp³-hybridized carbons (Fsp3) is 0.417. The lowest BCUT2D eigenvalue weighted by Gasteiger charge is -2.14. The van der Waals surface area contributed by atoms with Gasteiger partial charge in [-0.25, -0.2) is 0 Å². The molecular formula is C12H18N2O2. The van der Waals surface area contributed by atoms with Crippen molar-refractivity contribution in [2.24, 2.45) is 5.73 Å². The number of rotatable bonds is 5. The summed E-state index contributed by atoms with van der Waals surface area (Å²) in [6.07, 6.45) is 0.831. The number of nitrogens with zero attached hydrogens (tertiary/aromatic N) is 1. The standard InChI is InChI=1S/C12H18N2O2/c1-14(2)8-7-9-5-4-6-10(12(13)15)11(9)16-3/h4-6H,7-8H2,1-3H3,(H2,13,15). The van der Waals surface area contributed by atoms with Crippen molar-refractivity contribution in [3.63, 3.8) is 0 Å². The van der Waals surface area contributed by atoms with Crippen molar-refractivity contribution in [1.82, 2.24) is 4.90 Å². The Morgan fingerprint density at radius 1 is 1.44 bits per heavy atom. The molecule has 0 heterocycles. The Morgan fingerprint density at radius 2 is 2.12 bits per heavy atom. The second kappa shape index (κ2) is 5.51. The van der Waals surface area contributed by atoms with E-state index in [9.17, 15) is 4.79 Å². The molecule has 0 fully saturated rings. The average molecular weight is 222 g/mol. The van der Waals surface area contributed by atoms with E-state index < -0.39 is 5.91 Å². The van der Waals surface area contributed by atoms with Gasteiger partial charge in [0.2, 0.25) is 0 Å². The minimum Gasteiger partial charge on any atom is -0.496 e. The molecule has 0 saturated heterocycles. The first kappa shape index (κ1) is 12.5. The lowest BCUT2D eigenvalue weighted by Crippen LogP contribution is -2.17. The molecule has 1 amide bonds. The van der Waals surface area contributed by atoms with Crippen LogP contribution in [0.2, 0.25) is 0 Å². The van der Waals surface area contributed by atoms with E-state index >= 15 is 0 Å². The number of amides is 1. The predicted molar refractivity (Wildman–Crippen MR) is 63.8 cm³/mol. The molecule has 0 bridgehead atoms. The van der Waals surface area contributed by atoms with Crippen molar-refractivity contribution in [1.29, 1.82) is 0 Å². The van der Waals surface area contributed by atoms with Crippen LogP contribution in [0.4, 0.5) is 0 Å². The molecule has 0 aromatic heterocycles. The minimum absolute atomic E-state index is 0.443. The topological polar surface area (TPSA) is 55.6 Å². The third kappa shape index (κ3) is 2.97. The van der Waals surface area contributed by atoms with E-state index in [0.29, 0.717) is 11.3 Å². The highest BCUT2D eigenvalue weighted by Gasteiger charge is 2.12. The summed E-state index contributed by atoms with van der Waals surface area (Å²) in [7, 11) is 5.57. The van der Waals surface area contributed by atoms with Crippen LogP contribution in [0, 0.1) is 0 Å². The molecule has 16 heavy (non-hydrogen) atoms. The number of nitrogens with two attached hydrogens (primary N) is 1. The van der Waals surface area contributed by atoms with Crippen molar-refractivity contribution in [3.8, 4) is 5.75 Å². The number of hydrogen-bond acceptors (Lipinski definition) is 3. The summed E-state index contributed by atoms with van der Waals surface area (Å²) in [6, 6.07) is 5.46. The maximum Gasteiger partial charge on any atom is 0.252 e. The number of primary amides is 1. The highest BCUT2D eigenvalue weighted by atomic mass is 16.5. The van der Waals surface area contributed by atoms with Gasteiger partial charge in [-0.15, -0.1) is 0 Å². The second-order valence-electron chi connectivity index (χ2n) is 3.92. The van der Waals surface area contributed by atoms with Crippen molar-refractivity contribution in [2.45, 2.75) is 6.42 Å². The third-order valence-electron chi connectivity index (χ3n) is 2.39. The maximum absolute atomic E-state index is 11.2. The summed E-state index contributed by atoms with van der Waals surface area (Å²) in [4.78, 5) is 13.3. The fourth-order valence-electron chi connectivity index (χ4n) is 1.56. The first-order chi connectivity index (χ1) is 7.56. The number of hydrogen-bond donors (Lipinski definition) is 1. The molecule has 0 unspecified atom stereocenters. The van der Waals surface area contributed by atoms with E-state index in [2.05, 4.69) is 4.90 Å². The molecule has 0 aliphatic rings. The van der Waals surface area contributed by atoms with Gasteiger partial charge in [-0.05, 0) is 32.1 Å². The molecular weight excluding hydrogens is 204 g/mol. The highest BCUT2D eigenvalue weighted by molar-refractivity contribution is 5.96. The van der Waals surface area contributed by atoms with Crippen LogP contribution < -0.4 is 10.5 Å². The molecule has 0 aliphatic carbocycles. The van der Waals surface area contributed by atoms with Crippen LogP contribution in [-0.2, 0) is 6.42 Å². The molecule has 0 radical (unpaired) electrons. The van der Waals surface area contributed by atoms with Gasteiger partial charge < -0.3 is 15.4 Å². The molecule has 4 heteroatoms. The quantitative estimate of drug-likeness (QED) is 0.805. The zero-order valence-electron chi connectivity index (χ0n) is 9.99. The predicted octanol–water partition coefficient (Wildman–Crippen LogP) is 0.898. The zero-order valence-corrected chi connectivity index (χ0v) is 9.99. The average Bonchev–Trinajstić information content (AvgIpc) is 2.25. The van der Waals surface area contributed by atoms with E-state index in [-0.39, 0.29) is 0 Å². The summed E-state index contributed by atoms with van der Waals surface area (Å²) in [5, 5.41) is 0. The van der Waals surface area contributed by atoms with E-state index in [1.165, 1.54) is 0 Å². The van der Waals surface area contributed by atoms with Crippen LogP contribution in [0.25, 0.3) is 0 Å². The Kier molecular flexibility index (Phi) is 4.31. The Morgan fingerprint density at radius 3 is 2.62 bits per heavy atom. The normalized spacial score (nSPS) is 10.5. The smallest absolute Gasteiger partial charge is 0.252 e. The van der Waals surface area contributed by atoms with Crippen LogP contribution in [0.1, 0.15) is 15.9 Å². The largest absolute Gasteiger partial charge is 0.496 e. The Labute approximate surface area is 96.0 Å². The summed E-state index contributed by atoms with van der Waals surface area (Å²) >= 11 is 0. The number of likely N-dealkylation sites (N-methyl/N-ethyl adjacent to an activating group) is 1. The fourth-order valence-corrected chi connectivity index (χ4v) is 1.56. The molecule has 0 aliphatic heterocycles. The molecule has 0 spiro atoms. The van der Waals surface area contributed by atoms with Gasteiger partial charge in [0.1, 0.15) is 5.75 Å². The Balaban J connectivity index is 2.99. The van der Waals surface area contributed by atoms with Gasteiger partial charge in [0, 0.05) is 6.54 Å². The van der Waals surface area contributed by atoms with E-state index in [1.807, 2.05) is 26.2 Å². The van der Waals surface area contributed by atoms with Crippen LogP contribution >= 0.6 is 0 Å². The SMILES string of the molecule is COc1c(CCN(C)C)cccc1C(N)=O. The number of ether oxygens (including phenoxy) is 1. The monoisotopic (exact) mass is 222 g/mol. The van der Waals surface area contributed by atoms with Gasteiger partial charge in [0.15, 0.2) is 0 Å². The highest BCUT2D eigenvalue weighted by Crippen LogP contribution is 2.23. The lowest BCUT2D eigenvalue weighted by atomic mass is 10.1. The maximum atomic E-state index is 11.2. The van der Waals surface area contributed by atoms with Crippen LogP contribution in [-0.4, -0.2) is 38.6 Å². The van der Waals surface area contributed by atoms with Crippen molar-refractivity contribution < 1.29 is 9.53 Å². The summed E-state index contributed by atoms with van der Waals surface area (Å²) in [5.41, 5.74) is 6.74. The first-order valence-corrected chi connectivity index (χ1v) is 5.16. The molecule has 0 saturated carbocycles. The number of carbonyl (C=O) groups excluding carboxylic acids is 1. The van der Waals surface area contributed by atoms with Gasteiger partial charge in [-0.3, -0.25) is 4.79 Å².